The van der Waals surface area contributed by atoms with Crippen LogP contribution in [-0.2, 0) is 24.0 Å². The number of rotatable bonds is 16. The van der Waals surface area contributed by atoms with Crippen LogP contribution in [-0.4, -0.2) is 46.0 Å². The predicted octanol–water partition coefficient (Wildman–Crippen LogP) is 2.12. The second-order valence-corrected chi connectivity index (χ2v) is 6.40. The molecular weight excluding hydrogens is 380 g/mol. The van der Waals surface area contributed by atoms with Crippen LogP contribution in [0.5, 0.6) is 0 Å². The first-order valence-electron chi connectivity index (χ1n) is 8.14. The van der Waals surface area contributed by atoms with Crippen LogP contribution in [0, 0.1) is 0 Å². The van der Waals surface area contributed by atoms with Crippen molar-refractivity contribution >= 4 is 44.8 Å². The van der Waals surface area contributed by atoms with E-state index in [0.717, 1.165) is 0 Å². The summed E-state index contributed by atoms with van der Waals surface area (Å²) in [5, 5.41) is 9.16. The van der Waals surface area contributed by atoms with E-state index in [4.69, 9.17) is 5.11 Å². The number of Topliss-reactive ketones (excluding diaryl/α,β-unsaturated/α-hetero) is 5. The Morgan fingerprint density at radius 3 is 1.00 bits per heavy atom. The Morgan fingerprint density at radius 1 is 0.500 bits per heavy atom. The molecule has 0 aliphatic heterocycles. The van der Waals surface area contributed by atoms with Gasteiger partial charge in [0.1, 0.15) is 28.9 Å². The number of carbonyl (C=O) groups is 5. The van der Waals surface area contributed by atoms with Gasteiger partial charge in [-0.3, -0.25) is 24.0 Å². The molecule has 6 nitrogen and oxygen atoms in total. The summed E-state index contributed by atoms with van der Waals surface area (Å²) in [7, 11) is 0. The Balaban J connectivity index is 3.78. The number of carbonyl (C=O) groups excluding carboxylic acids is 5. The van der Waals surface area contributed by atoms with Crippen LogP contribution >= 0.6 is 15.9 Å². The standard InChI is InChI=1S/C17H25BrO6/c18-11-9-16(23)7-5-14(21)3-1-13(20)2-4-15(22)6-8-17(24)10-12-19/h19H,1-12H2. The van der Waals surface area contributed by atoms with Gasteiger partial charge in [-0.25, -0.2) is 0 Å². The van der Waals surface area contributed by atoms with Gasteiger partial charge in [0.15, 0.2) is 0 Å². The molecule has 0 saturated carbocycles. The maximum atomic E-state index is 11.7. The van der Waals surface area contributed by atoms with Crippen molar-refractivity contribution in [3.63, 3.8) is 0 Å². The molecule has 0 heterocycles. The molecule has 0 saturated heterocycles. The molecule has 1 N–H and O–H groups in total. The van der Waals surface area contributed by atoms with Crippen molar-refractivity contribution in [2.45, 2.75) is 64.2 Å². The molecule has 0 aliphatic rings. The zero-order valence-corrected chi connectivity index (χ0v) is 15.4. The summed E-state index contributed by atoms with van der Waals surface area (Å²) in [6.07, 6.45) is 1.32. The number of ketones is 5. The van der Waals surface area contributed by atoms with Crippen molar-refractivity contribution in [1.29, 1.82) is 0 Å². The lowest BCUT2D eigenvalue weighted by Gasteiger charge is -2.02. The maximum Gasteiger partial charge on any atom is 0.135 e. The molecule has 0 amide bonds. The van der Waals surface area contributed by atoms with Crippen LogP contribution in [0.3, 0.4) is 0 Å². The van der Waals surface area contributed by atoms with Crippen LogP contribution < -0.4 is 0 Å². The van der Waals surface area contributed by atoms with Gasteiger partial charge in [-0.15, -0.1) is 0 Å². The lowest BCUT2D eigenvalue weighted by molar-refractivity contribution is -0.127. The molecule has 0 spiro atoms. The monoisotopic (exact) mass is 404 g/mol. The summed E-state index contributed by atoms with van der Waals surface area (Å²) < 4.78 is 0. The first kappa shape index (κ1) is 22.8. The third-order valence-corrected chi connectivity index (χ3v) is 3.89. The minimum atomic E-state index is -0.221. The zero-order valence-electron chi connectivity index (χ0n) is 13.9. The molecule has 0 rings (SSSR count). The Morgan fingerprint density at radius 2 is 0.750 bits per heavy atom. The molecule has 0 unspecified atom stereocenters. The summed E-state index contributed by atoms with van der Waals surface area (Å²) in [6.45, 7) is -0.221. The normalized spacial score (nSPS) is 10.4. The molecule has 0 bridgehead atoms. The highest BCUT2D eigenvalue weighted by molar-refractivity contribution is 9.09. The number of aliphatic hydroxyl groups excluding tert-OH is 1. The van der Waals surface area contributed by atoms with Gasteiger partial charge in [0.25, 0.3) is 0 Å². The quantitative estimate of drug-likeness (QED) is 0.395. The second kappa shape index (κ2) is 14.2. The summed E-state index contributed by atoms with van der Waals surface area (Å²) in [5.74, 6) is -0.594. The van der Waals surface area contributed by atoms with Gasteiger partial charge in [0.05, 0.1) is 0 Å². The number of halogens is 1. The van der Waals surface area contributed by atoms with Crippen molar-refractivity contribution in [2.75, 3.05) is 11.9 Å². The topological polar surface area (TPSA) is 106 Å². The molecular formula is C17H25BrO6. The minimum absolute atomic E-state index is 0.0212. The third kappa shape index (κ3) is 13.2. The number of hydrogen-bond acceptors (Lipinski definition) is 6. The molecule has 0 fully saturated rings. The van der Waals surface area contributed by atoms with Crippen molar-refractivity contribution < 1.29 is 29.1 Å². The fraction of sp³-hybridized carbons (Fsp3) is 0.706. The Hall–Kier alpha value is -1.21. The van der Waals surface area contributed by atoms with Crippen LogP contribution in [0.1, 0.15) is 64.2 Å². The summed E-state index contributed by atoms with van der Waals surface area (Å²) in [5.41, 5.74) is 0. The number of aliphatic hydroxyl groups is 1. The van der Waals surface area contributed by atoms with E-state index < -0.39 is 0 Å². The second-order valence-electron chi connectivity index (χ2n) is 5.61. The van der Waals surface area contributed by atoms with Crippen molar-refractivity contribution in [1.82, 2.24) is 0 Å². The molecule has 0 radical (unpaired) electrons. The highest BCUT2D eigenvalue weighted by Gasteiger charge is 2.12. The van der Waals surface area contributed by atoms with E-state index in [1.54, 1.807) is 0 Å². The minimum Gasteiger partial charge on any atom is -0.396 e. The number of hydrogen-bond donors (Lipinski definition) is 1. The molecule has 136 valence electrons. The van der Waals surface area contributed by atoms with E-state index in [-0.39, 0.29) is 93.3 Å². The van der Waals surface area contributed by atoms with Crippen LogP contribution in [0.15, 0.2) is 0 Å². The van der Waals surface area contributed by atoms with E-state index in [9.17, 15) is 24.0 Å². The van der Waals surface area contributed by atoms with E-state index in [2.05, 4.69) is 15.9 Å². The number of alkyl halides is 1. The van der Waals surface area contributed by atoms with Gasteiger partial charge < -0.3 is 5.11 Å². The van der Waals surface area contributed by atoms with Crippen molar-refractivity contribution in [2.24, 2.45) is 0 Å². The van der Waals surface area contributed by atoms with E-state index in [0.29, 0.717) is 11.8 Å². The average molecular weight is 405 g/mol. The third-order valence-electron chi connectivity index (χ3n) is 3.49. The van der Waals surface area contributed by atoms with Crippen molar-refractivity contribution in [3.05, 3.63) is 0 Å². The molecule has 7 heteroatoms. The molecule has 24 heavy (non-hydrogen) atoms. The molecule has 0 aliphatic carbocycles. The zero-order chi connectivity index (χ0) is 18.4. The van der Waals surface area contributed by atoms with Gasteiger partial charge in [-0.2, -0.15) is 0 Å². The Bertz CT molecular complexity index is 418. The maximum absolute atomic E-state index is 11.7. The summed E-state index contributed by atoms with van der Waals surface area (Å²) >= 11 is 3.15. The largest absolute Gasteiger partial charge is 0.396 e. The lowest BCUT2D eigenvalue weighted by Crippen LogP contribution is -2.10. The smallest absolute Gasteiger partial charge is 0.135 e. The molecule has 0 aromatic carbocycles. The Kier molecular flexibility index (Phi) is 13.4. The van der Waals surface area contributed by atoms with Gasteiger partial charge in [0.2, 0.25) is 0 Å². The molecule has 0 aromatic heterocycles. The first-order valence-corrected chi connectivity index (χ1v) is 9.26. The van der Waals surface area contributed by atoms with Gasteiger partial charge in [0, 0.05) is 76.1 Å². The van der Waals surface area contributed by atoms with Crippen LogP contribution in [0.2, 0.25) is 0 Å². The van der Waals surface area contributed by atoms with Crippen LogP contribution in [0.25, 0.3) is 0 Å². The molecule has 0 aromatic rings. The van der Waals surface area contributed by atoms with Crippen LogP contribution in [0.4, 0.5) is 0 Å². The molecule has 0 atom stereocenters. The average Bonchev–Trinajstić information content (AvgIpc) is 2.54. The SMILES string of the molecule is O=C(CCO)CCC(=O)CCC(=O)CCC(=O)CCC(=O)CCBr. The fourth-order valence-corrected chi connectivity index (χ4v) is 2.41. The van der Waals surface area contributed by atoms with Gasteiger partial charge in [-0.05, 0) is 0 Å². The van der Waals surface area contributed by atoms with Gasteiger partial charge in [-0.1, -0.05) is 15.9 Å². The summed E-state index contributed by atoms with van der Waals surface area (Å²) in [6, 6.07) is 0. The van der Waals surface area contributed by atoms with E-state index >= 15 is 0 Å². The summed E-state index contributed by atoms with van der Waals surface area (Å²) in [4.78, 5) is 57.3. The highest BCUT2D eigenvalue weighted by Crippen LogP contribution is 2.07. The Labute approximate surface area is 150 Å². The predicted molar refractivity (Wildman–Crippen MR) is 92.1 cm³/mol. The van der Waals surface area contributed by atoms with Crippen molar-refractivity contribution in [3.8, 4) is 0 Å². The first-order chi connectivity index (χ1) is 11.4. The van der Waals surface area contributed by atoms with Gasteiger partial charge >= 0.3 is 0 Å². The lowest BCUT2D eigenvalue weighted by atomic mass is 10.0. The fourth-order valence-electron chi connectivity index (χ4n) is 1.97. The van der Waals surface area contributed by atoms with E-state index in [1.807, 2.05) is 0 Å². The highest BCUT2D eigenvalue weighted by atomic mass is 79.9. The van der Waals surface area contributed by atoms with E-state index in [1.165, 1.54) is 0 Å².